The van der Waals surface area contributed by atoms with Crippen molar-refractivity contribution in [3.63, 3.8) is 0 Å². The van der Waals surface area contributed by atoms with Crippen LogP contribution in [0, 0.1) is 0 Å². The Morgan fingerprint density at radius 2 is 2.11 bits per heavy atom. The molecule has 3 heteroatoms. The Morgan fingerprint density at radius 3 is 2.72 bits per heavy atom. The first-order valence-corrected chi connectivity index (χ1v) is 6.66. The van der Waals surface area contributed by atoms with Crippen molar-refractivity contribution in [3.8, 4) is 0 Å². The van der Waals surface area contributed by atoms with Gasteiger partial charge >= 0.3 is 0 Å². The molecular weight excluding hydrogens is 224 g/mol. The third-order valence-corrected chi connectivity index (χ3v) is 3.64. The summed E-state index contributed by atoms with van der Waals surface area (Å²) in [4.78, 5) is 11.9. The van der Waals surface area contributed by atoms with Crippen LogP contribution in [-0.2, 0) is 10.2 Å². The second-order valence-electron chi connectivity index (χ2n) is 5.62. The minimum Gasteiger partial charge on any atom is -0.354 e. The summed E-state index contributed by atoms with van der Waals surface area (Å²) in [5, 5.41) is 6.28. The molecule has 1 aliphatic heterocycles. The van der Waals surface area contributed by atoms with Gasteiger partial charge in [-0.3, -0.25) is 4.79 Å². The first kappa shape index (κ1) is 13.1. The van der Waals surface area contributed by atoms with Gasteiger partial charge in [-0.25, -0.2) is 0 Å². The SMILES string of the molecule is CC(C)(CNC(=O)[C@H]1CCCN1)c1ccccc1. The lowest BCUT2D eigenvalue weighted by Gasteiger charge is -2.26. The summed E-state index contributed by atoms with van der Waals surface area (Å²) in [6.07, 6.45) is 2.05. The van der Waals surface area contributed by atoms with E-state index in [1.54, 1.807) is 0 Å². The molecule has 1 aliphatic rings. The van der Waals surface area contributed by atoms with E-state index in [4.69, 9.17) is 0 Å². The number of hydrogen-bond donors (Lipinski definition) is 2. The molecule has 1 aromatic carbocycles. The Morgan fingerprint density at radius 1 is 1.39 bits per heavy atom. The highest BCUT2D eigenvalue weighted by Crippen LogP contribution is 2.21. The van der Waals surface area contributed by atoms with E-state index >= 15 is 0 Å². The largest absolute Gasteiger partial charge is 0.354 e. The maximum atomic E-state index is 11.9. The van der Waals surface area contributed by atoms with Gasteiger partial charge in [-0.05, 0) is 24.9 Å². The molecule has 0 spiro atoms. The zero-order chi connectivity index (χ0) is 13.0. The second kappa shape index (κ2) is 5.53. The number of nitrogens with one attached hydrogen (secondary N) is 2. The summed E-state index contributed by atoms with van der Waals surface area (Å²) in [7, 11) is 0. The topological polar surface area (TPSA) is 41.1 Å². The molecule has 0 radical (unpaired) electrons. The highest BCUT2D eigenvalue weighted by atomic mass is 16.2. The second-order valence-corrected chi connectivity index (χ2v) is 5.62. The van der Waals surface area contributed by atoms with Gasteiger partial charge in [0.25, 0.3) is 0 Å². The van der Waals surface area contributed by atoms with Crippen molar-refractivity contribution in [3.05, 3.63) is 35.9 Å². The molecule has 18 heavy (non-hydrogen) atoms. The molecule has 0 aliphatic carbocycles. The highest BCUT2D eigenvalue weighted by Gasteiger charge is 2.25. The van der Waals surface area contributed by atoms with Crippen LogP contribution in [0.2, 0.25) is 0 Å². The van der Waals surface area contributed by atoms with Gasteiger partial charge in [0.05, 0.1) is 6.04 Å². The Bertz CT molecular complexity index is 394. The van der Waals surface area contributed by atoms with Crippen molar-refractivity contribution in [1.82, 2.24) is 10.6 Å². The maximum Gasteiger partial charge on any atom is 0.237 e. The summed E-state index contributed by atoms with van der Waals surface area (Å²) in [5.74, 6) is 0.136. The Labute approximate surface area is 109 Å². The fraction of sp³-hybridized carbons (Fsp3) is 0.533. The normalized spacial score (nSPS) is 19.8. The minimum absolute atomic E-state index is 0.0107. The predicted molar refractivity (Wildman–Crippen MR) is 73.5 cm³/mol. The van der Waals surface area contributed by atoms with Crippen molar-refractivity contribution in [2.45, 2.75) is 38.1 Å². The molecule has 98 valence electrons. The quantitative estimate of drug-likeness (QED) is 0.851. The number of amides is 1. The Kier molecular flexibility index (Phi) is 4.02. The van der Waals surface area contributed by atoms with Gasteiger partial charge in [0.2, 0.25) is 5.91 Å². The predicted octanol–water partition coefficient (Wildman–Crippen LogP) is 1.83. The van der Waals surface area contributed by atoms with Crippen molar-refractivity contribution in [2.75, 3.05) is 13.1 Å². The van der Waals surface area contributed by atoms with E-state index in [1.807, 2.05) is 18.2 Å². The maximum absolute atomic E-state index is 11.9. The number of carbonyl (C=O) groups is 1. The zero-order valence-electron chi connectivity index (χ0n) is 11.2. The van der Waals surface area contributed by atoms with Gasteiger partial charge in [-0.15, -0.1) is 0 Å². The molecule has 2 rings (SSSR count). The molecule has 0 bridgehead atoms. The van der Waals surface area contributed by atoms with Gasteiger partial charge in [0, 0.05) is 12.0 Å². The Hall–Kier alpha value is -1.35. The van der Waals surface area contributed by atoms with Gasteiger partial charge in [-0.2, -0.15) is 0 Å². The molecule has 0 unspecified atom stereocenters. The number of benzene rings is 1. The molecule has 1 saturated heterocycles. The molecule has 1 amide bonds. The fourth-order valence-corrected chi connectivity index (χ4v) is 2.33. The van der Waals surface area contributed by atoms with Crippen LogP contribution >= 0.6 is 0 Å². The van der Waals surface area contributed by atoms with E-state index in [2.05, 4.69) is 36.6 Å². The van der Waals surface area contributed by atoms with Crippen molar-refractivity contribution >= 4 is 5.91 Å². The molecule has 3 nitrogen and oxygen atoms in total. The van der Waals surface area contributed by atoms with Crippen LogP contribution in [0.3, 0.4) is 0 Å². The highest BCUT2D eigenvalue weighted by molar-refractivity contribution is 5.82. The smallest absolute Gasteiger partial charge is 0.237 e. The monoisotopic (exact) mass is 246 g/mol. The van der Waals surface area contributed by atoms with Crippen molar-refractivity contribution in [1.29, 1.82) is 0 Å². The van der Waals surface area contributed by atoms with Crippen LogP contribution in [0.15, 0.2) is 30.3 Å². The average molecular weight is 246 g/mol. The summed E-state index contributed by atoms with van der Waals surface area (Å²) in [6, 6.07) is 10.3. The number of carbonyl (C=O) groups excluding carboxylic acids is 1. The van der Waals surface area contributed by atoms with Gasteiger partial charge in [-0.1, -0.05) is 44.2 Å². The molecule has 0 saturated carbocycles. The van der Waals surface area contributed by atoms with Crippen LogP contribution in [0.25, 0.3) is 0 Å². The minimum atomic E-state index is -0.0322. The summed E-state index contributed by atoms with van der Waals surface area (Å²) in [6.45, 7) is 5.95. The van der Waals surface area contributed by atoms with Crippen LogP contribution in [0.1, 0.15) is 32.3 Å². The van der Waals surface area contributed by atoms with E-state index in [9.17, 15) is 4.79 Å². The van der Waals surface area contributed by atoms with E-state index in [0.29, 0.717) is 6.54 Å². The molecule has 1 fully saturated rings. The fourth-order valence-electron chi connectivity index (χ4n) is 2.33. The van der Waals surface area contributed by atoms with E-state index < -0.39 is 0 Å². The van der Waals surface area contributed by atoms with E-state index in [1.165, 1.54) is 5.56 Å². The number of hydrogen-bond acceptors (Lipinski definition) is 2. The Balaban J connectivity index is 1.90. The standard InChI is InChI=1S/C15H22N2O/c1-15(2,12-7-4-3-5-8-12)11-17-14(18)13-9-6-10-16-13/h3-5,7-8,13,16H,6,9-11H2,1-2H3,(H,17,18)/t13-/m1/s1. The van der Waals surface area contributed by atoms with Gasteiger partial charge in [0.15, 0.2) is 0 Å². The third-order valence-electron chi connectivity index (χ3n) is 3.64. The van der Waals surface area contributed by atoms with Gasteiger partial charge in [0.1, 0.15) is 0 Å². The third kappa shape index (κ3) is 3.10. The lowest BCUT2D eigenvalue weighted by Crippen LogP contribution is -2.45. The summed E-state index contributed by atoms with van der Waals surface area (Å²) in [5.41, 5.74) is 1.22. The first-order chi connectivity index (χ1) is 8.59. The molecule has 2 N–H and O–H groups in total. The molecule has 1 atom stereocenters. The van der Waals surface area contributed by atoms with E-state index in [0.717, 1.165) is 19.4 Å². The lowest BCUT2D eigenvalue weighted by atomic mass is 9.84. The first-order valence-electron chi connectivity index (χ1n) is 6.66. The van der Waals surface area contributed by atoms with E-state index in [-0.39, 0.29) is 17.4 Å². The van der Waals surface area contributed by atoms with Crippen LogP contribution in [0.4, 0.5) is 0 Å². The van der Waals surface area contributed by atoms with Crippen LogP contribution in [-0.4, -0.2) is 25.0 Å². The summed E-state index contributed by atoms with van der Waals surface area (Å²) >= 11 is 0. The van der Waals surface area contributed by atoms with Gasteiger partial charge < -0.3 is 10.6 Å². The van der Waals surface area contributed by atoms with Crippen LogP contribution < -0.4 is 10.6 Å². The molecule has 0 aromatic heterocycles. The average Bonchev–Trinajstić information content (AvgIpc) is 2.91. The summed E-state index contributed by atoms with van der Waals surface area (Å²) < 4.78 is 0. The lowest BCUT2D eigenvalue weighted by molar-refractivity contribution is -0.123. The van der Waals surface area contributed by atoms with Crippen molar-refractivity contribution < 1.29 is 4.79 Å². The molecular formula is C15H22N2O. The van der Waals surface area contributed by atoms with Crippen molar-refractivity contribution in [2.24, 2.45) is 0 Å². The number of rotatable bonds is 4. The zero-order valence-corrected chi connectivity index (χ0v) is 11.2. The molecule has 1 aromatic rings. The molecule has 1 heterocycles. The van der Waals surface area contributed by atoms with Crippen LogP contribution in [0.5, 0.6) is 0 Å².